The minimum atomic E-state index is -0.904. The smallest absolute Gasteiger partial charge is 0.338 e. The fourth-order valence-corrected chi connectivity index (χ4v) is 3.61. The van der Waals surface area contributed by atoms with Gasteiger partial charge in [0, 0.05) is 18.7 Å². The first-order valence-corrected chi connectivity index (χ1v) is 10.1. The van der Waals surface area contributed by atoms with E-state index in [1.807, 2.05) is 31.2 Å². The zero-order valence-electron chi connectivity index (χ0n) is 17.6. The lowest BCUT2D eigenvalue weighted by Gasteiger charge is -2.26. The Morgan fingerprint density at radius 1 is 1.19 bits per heavy atom. The van der Waals surface area contributed by atoms with Crippen molar-refractivity contribution < 1.29 is 23.6 Å². The maximum Gasteiger partial charge on any atom is 0.338 e. The summed E-state index contributed by atoms with van der Waals surface area (Å²) >= 11 is 0. The number of carbonyl (C=O) groups excluding carboxylic acids is 2. The highest BCUT2D eigenvalue weighted by molar-refractivity contribution is 6.00. The molecule has 0 saturated carbocycles. The van der Waals surface area contributed by atoms with Gasteiger partial charge in [0.05, 0.1) is 5.56 Å². The molecule has 1 aliphatic rings. The molecule has 0 spiro atoms. The van der Waals surface area contributed by atoms with Gasteiger partial charge in [-0.15, -0.1) is 0 Å². The minimum absolute atomic E-state index is 0.0190. The zero-order valence-corrected chi connectivity index (χ0v) is 17.6. The number of amides is 1. The van der Waals surface area contributed by atoms with E-state index in [1.165, 1.54) is 0 Å². The van der Waals surface area contributed by atoms with E-state index in [1.54, 1.807) is 43.0 Å². The van der Waals surface area contributed by atoms with Gasteiger partial charge in [0.2, 0.25) is 11.7 Å². The van der Waals surface area contributed by atoms with Gasteiger partial charge in [-0.25, -0.2) is 4.79 Å². The molecular formula is C23H23N3O5. The number of carbonyl (C=O) groups is 2. The van der Waals surface area contributed by atoms with E-state index in [0.29, 0.717) is 23.0 Å². The first-order valence-electron chi connectivity index (χ1n) is 10.1. The predicted octanol–water partition coefficient (Wildman–Crippen LogP) is 3.48. The molecule has 1 amide bonds. The second-order valence-electron chi connectivity index (χ2n) is 7.48. The van der Waals surface area contributed by atoms with Crippen LogP contribution in [0.1, 0.15) is 41.5 Å². The highest BCUT2D eigenvalue weighted by Crippen LogP contribution is 2.32. The van der Waals surface area contributed by atoms with Crippen LogP contribution >= 0.6 is 0 Å². The van der Waals surface area contributed by atoms with Crippen molar-refractivity contribution >= 4 is 17.6 Å². The number of aryl methyl sites for hydroxylation is 1. The number of benzene rings is 2. The Balaban J connectivity index is 1.36. The first kappa shape index (κ1) is 20.6. The number of para-hydroxylation sites is 1. The number of ether oxygens (including phenoxy) is 2. The Morgan fingerprint density at radius 3 is 2.65 bits per heavy atom. The van der Waals surface area contributed by atoms with Crippen LogP contribution in [0.4, 0.5) is 5.69 Å². The van der Waals surface area contributed by atoms with Crippen LogP contribution in [0.3, 0.4) is 0 Å². The van der Waals surface area contributed by atoms with E-state index in [4.69, 9.17) is 14.0 Å². The van der Waals surface area contributed by atoms with Crippen LogP contribution < -0.4 is 9.64 Å². The number of hydrogen-bond donors (Lipinski definition) is 0. The molecule has 31 heavy (non-hydrogen) atoms. The molecule has 8 heteroatoms. The standard InChI is InChI=1S/C23H23N3O5/c1-14-12-18-6-4-5-7-20(18)26(14)22(27)15(2)30-23(28)17-8-10-19(11-9-17)29-13-21-24-16(3)31-25-21/h4-11,14-15H,12-13H2,1-3H3/t14-,15-/m0/s1. The summed E-state index contributed by atoms with van der Waals surface area (Å²) in [7, 11) is 0. The third kappa shape index (κ3) is 4.42. The molecule has 8 nitrogen and oxygen atoms in total. The molecule has 4 rings (SSSR count). The van der Waals surface area contributed by atoms with E-state index in [2.05, 4.69) is 10.1 Å². The summed E-state index contributed by atoms with van der Waals surface area (Å²) in [4.78, 5) is 31.3. The molecule has 0 aliphatic carbocycles. The van der Waals surface area contributed by atoms with Crippen LogP contribution in [0.15, 0.2) is 53.1 Å². The van der Waals surface area contributed by atoms with Crippen LogP contribution in [0, 0.1) is 6.92 Å². The van der Waals surface area contributed by atoms with Gasteiger partial charge in [0.25, 0.3) is 5.91 Å². The Morgan fingerprint density at radius 2 is 1.94 bits per heavy atom. The van der Waals surface area contributed by atoms with Crippen molar-refractivity contribution in [2.75, 3.05) is 4.90 Å². The fraction of sp³-hybridized carbons (Fsp3) is 0.304. The van der Waals surface area contributed by atoms with Crippen molar-refractivity contribution in [1.82, 2.24) is 10.1 Å². The summed E-state index contributed by atoms with van der Waals surface area (Å²) in [5.41, 5.74) is 2.33. The van der Waals surface area contributed by atoms with Crippen molar-refractivity contribution in [1.29, 1.82) is 0 Å². The summed E-state index contributed by atoms with van der Waals surface area (Å²) < 4.78 is 15.9. The fourth-order valence-electron chi connectivity index (χ4n) is 3.61. The van der Waals surface area contributed by atoms with Gasteiger partial charge in [0.15, 0.2) is 12.7 Å². The zero-order chi connectivity index (χ0) is 22.0. The summed E-state index contributed by atoms with van der Waals surface area (Å²) in [5.74, 6) is 0.645. The van der Waals surface area contributed by atoms with Gasteiger partial charge in [-0.3, -0.25) is 4.79 Å². The quantitative estimate of drug-likeness (QED) is 0.562. The molecule has 0 N–H and O–H groups in total. The monoisotopic (exact) mass is 421 g/mol. The molecule has 0 saturated heterocycles. The third-order valence-electron chi connectivity index (χ3n) is 5.10. The number of nitrogens with zero attached hydrogens (tertiary/aromatic N) is 3. The molecule has 0 fully saturated rings. The van der Waals surface area contributed by atoms with Crippen LogP contribution in [0.2, 0.25) is 0 Å². The third-order valence-corrected chi connectivity index (χ3v) is 5.10. The topological polar surface area (TPSA) is 94.8 Å². The van der Waals surface area contributed by atoms with E-state index in [9.17, 15) is 9.59 Å². The average Bonchev–Trinajstić information content (AvgIpc) is 3.33. The van der Waals surface area contributed by atoms with Gasteiger partial charge in [-0.1, -0.05) is 23.4 Å². The highest BCUT2D eigenvalue weighted by atomic mass is 16.5. The molecule has 2 atom stereocenters. The Hall–Kier alpha value is -3.68. The Labute approximate surface area is 179 Å². The summed E-state index contributed by atoms with van der Waals surface area (Å²) in [6.07, 6.45) is -0.119. The van der Waals surface area contributed by atoms with E-state index in [-0.39, 0.29) is 18.6 Å². The second-order valence-corrected chi connectivity index (χ2v) is 7.48. The van der Waals surface area contributed by atoms with Gasteiger partial charge < -0.3 is 18.9 Å². The van der Waals surface area contributed by atoms with Gasteiger partial charge in [0.1, 0.15) is 5.75 Å². The summed E-state index contributed by atoms with van der Waals surface area (Å²) in [5, 5.41) is 3.76. The molecular weight excluding hydrogens is 398 g/mol. The summed E-state index contributed by atoms with van der Waals surface area (Å²) in [6, 6.07) is 14.3. The van der Waals surface area contributed by atoms with E-state index < -0.39 is 12.1 Å². The Kier molecular flexibility index (Phi) is 5.70. The SMILES string of the molecule is Cc1nc(COc2ccc(C(=O)O[C@@H](C)C(=O)N3c4ccccc4C[C@@H]3C)cc2)no1. The van der Waals surface area contributed by atoms with Gasteiger partial charge >= 0.3 is 5.97 Å². The first-order chi connectivity index (χ1) is 14.9. The Bertz CT molecular complexity index is 1090. The normalized spacial score (nSPS) is 16.0. The lowest BCUT2D eigenvalue weighted by Crippen LogP contribution is -2.43. The molecule has 3 aromatic rings. The van der Waals surface area contributed by atoms with Crippen molar-refractivity contribution in [3.8, 4) is 5.75 Å². The van der Waals surface area contributed by atoms with Crippen molar-refractivity contribution in [2.24, 2.45) is 0 Å². The molecule has 1 aliphatic heterocycles. The number of aromatic nitrogens is 2. The van der Waals surface area contributed by atoms with Crippen molar-refractivity contribution in [3.63, 3.8) is 0 Å². The van der Waals surface area contributed by atoms with Crippen LogP contribution in [-0.2, 0) is 22.6 Å². The molecule has 0 bridgehead atoms. The second kappa shape index (κ2) is 8.59. The number of hydrogen-bond acceptors (Lipinski definition) is 7. The number of esters is 1. The van der Waals surface area contributed by atoms with E-state index >= 15 is 0 Å². The van der Waals surface area contributed by atoms with Gasteiger partial charge in [-0.05, 0) is 56.2 Å². The molecule has 0 unspecified atom stereocenters. The van der Waals surface area contributed by atoms with Crippen molar-refractivity contribution in [2.45, 2.75) is 45.9 Å². The van der Waals surface area contributed by atoms with Crippen LogP contribution in [-0.4, -0.2) is 34.2 Å². The average molecular weight is 421 g/mol. The maximum atomic E-state index is 13.0. The molecule has 2 heterocycles. The van der Waals surface area contributed by atoms with E-state index in [0.717, 1.165) is 17.7 Å². The highest BCUT2D eigenvalue weighted by Gasteiger charge is 2.34. The molecule has 160 valence electrons. The van der Waals surface area contributed by atoms with Crippen LogP contribution in [0.25, 0.3) is 0 Å². The largest absolute Gasteiger partial charge is 0.485 e. The number of fused-ring (bicyclic) bond motifs is 1. The maximum absolute atomic E-state index is 13.0. The summed E-state index contributed by atoms with van der Waals surface area (Å²) in [6.45, 7) is 5.44. The lowest BCUT2D eigenvalue weighted by molar-refractivity contribution is -0.126. The molecule has 0 radical (unpaired) electrons. The van der Waals surface area contributed by atoms with Crippen LogP contribution in [0.5, 0.6) is 5.75 Å². The van der Waals surface area contributed by atoms with Gasteiger partial charge in [-0.2, -0.15) is 4.98 Å². The number of anilines is 1. The van der Waals surface area contributed by atoms with Crippen molar-refractivity contribution in [3.05, 3.63) is 71.4 Å². The minimum Gasteiger partial charge on any atom is -0.485 e. The number of rotatable bonds is 6. The molecule has 1 aromatic heterocycles. The molecule has 2 aromatic carbocycles. The predicted molar refractivity (Wildman–Crippen MR) is 112 cm³/mol. The lowest BCUT2D eigenvalue weighted by atomic mass is 10.1.